The van der Waals surface area contributed by atoms with E-state index in [2.05, 4.69) is 4.36 Å². The van der Waals surface area contributed by atoms with Crippen molar-refractivity contribution in [2.24, 2.45) is 10.1 Å². The van der Waals surface area contributed by atoms with E-state index in [-0.39, 0.29) is 5.56 Å². The third kappa shape index (κ3) is 5.52. The van der Waals surface area contributed by atoms with Gasteiger partial charge in [-0.05, 0) is 61.6 Å². The molecule has 2 N–H and O–H groups in total. The zero-order valence-electron chi connectivity index (χ0n) is 13.8. The summed E-state index contributed by atoms with van der Waals surface area (Å²) in [5.41, 5.74) is 4.54. The third-order valence-corrected chi connectivity index (χ3v) is 7.45. The van der Waals surface area contributed by atoms with Gasteiger partial charge in [-0.25, -0.2) is 13.0 Å². The molecule has 1 aromatic carbocycles. The Morgan fingerprint density at radius 1 is 1.32 bits per heavy atom. The molecule has 25 heavy (non-hydrogen) atoms. The molecule has 4 nitrogen and oxygen atoms in total. The second-order valence-electron chi connectivity index (χ2n) is 6.35. The first kappa shape index (κ1) is 22.1. The normalized spacial score (nSPS) is 17.3. The van der Waals surface area contributed by atoms with Gasteiger partial charge in [0.2, 0.25) is 0 Å². The van der Waals surface area contributed by atoms with Crippen molar-refractivity contribution in [3.63, 3.8) is 0 Å². The van der Waals surface area contributed by atoms with Crippen molar-refractivity contribution < 1.29 is 21.8 Å². The van der Waals surface area contributed by atoms with Crippen LogP contribution in [0, 0.1) is 20.7 Å². The van der Waals surface area contributed by atoms with Crippen molar-refractivity contribution >= 4 is 32.3 Å². The van der Waals surface area contributed by atoms with Crippen molar-refractivity contribution in [1.29, 1.82) is 5.26 Å². The number of nitrogens with zero attached hydrogens (tertiary/aromatic N) is 2. The van der Waals surface area contributed by atoms with Crippen molar-refractivity contribution in [2.45, 2.75) is 37.2 Å². The number of halogens is 5. The van der Waals surface area contributed by atoms with Gasteiger partial charge in [-0.1, -0.05) is 0 Å². The fourth-order valence-electron chi connectivity index (χ4n) is 2.06. The van der Waals surface area contributed by atoms with Crippen LogP contribution in [0.15, 0.2) is 22.6 Å². The summed E-state index contributed by atoms with van der Waals surface area (Å²) in [6.45, 7) is 2.16. The van der Waals surface area contributed by atoms with Crippen molar-refractivity contribution in [1.82, 2.24) is 0 Å². The Bertz CT molecular complexity index is 806. The molecule has 0 aliphatic heterocycles. The Labute approximate surface area is 158 Å². The van der Waals surface area contributed by atoms with Crippen LogP contribution in [-0.4, -0.2) is 27.4 Å². The number of alkyl halides is 3. The Morgan fingerprint density at radius 3 is 2.36 bits per heavy atom. The number of nitriles is 1. The molecule has 0 fully saturated rings. The van der Waals surface area contributed by atoms with E-state index >= 15 is 0 Å². The first-order valence-electron chi connectivity index (χ1n) is 7.06. The van der Waals surface area contributed by atoms with Gasteiger partial charge in [-0.2, -0.15) is 18.4 Å². The lowest BCUT2D eigenvalue weighted by molar-refractivity contribution is -0.117. The van der Waals surface area contributed by atoms with Gasteiger partial charge in [-0.15, -0.1) is 0 Å². The van der Waals surface area contributed by atoms with E-state index in [1.807, 2.05) is 22.6 Å². The molecule has 1 aromatic rings. The third-order valence-electron chi connectivity index (χ3n) is 3.56. The van der Waals surface area contributed by atoms with Crippen LogP contribution in [0.5, 0.6) is 0 Å². The molecule has 0 spiro atoms. The summed E-state index contributed by atoms with van der Waals surface area (Å²) in [5, 5.41) is 9.24. The van der Waals surface area contributed by atoms with Crippen LogP contribution in [0.3, 0.4) is 0 Å². The van der Waals surface area contributed by atoms with Gasteiger partial charge in [0.15, 0.2) is 0 Å². The summed E-state index contributed by atoms with van der Waals surface area (Å²) in [6, 6.07) is 5.83. The van der Waals surface area contributed by atoms with Crippen LogP contribution in [0.25, 0.3) is 0 Å². The summed E-state index contributed by atoms with van der Waals surface area (Å²) in [7, 11) is -3.74. The maximum absolute atomic E-state index is 14.1. The molecular weight excluding hydrogens is 473 g/mol. The molecule has 1 rings (SSSR count). The summed E-state index contributed by atoms with van der Waals surface area (Å²) >= 11 is 1.93. The highest BCUT2D eigenvalue weighted by Crippen LogP contribution is 2.31. The van der Waals surface area contributed by atoms with Gasteiger partial charge in [-0.3, -0.25) is 0 Å². The monoisotopic (exact) mass is 491 g/mol. The Hall–Kier alpha value is -0.930. The van der Waals surface area contributed by atoms with Crippen molar-refractivity contribution in [3.05, 3.63) is 33.1 Å². The molecule has 10 heteroatoms. The maximum atomic E-state index is 14.1. The molecule has 2 atom stereocenters. The predicted octanol–water partition coefficient (Wildman–Crippen LogP) is 3.94. The van der Waals surface area contributed by atoms with E-state index < -0.39 is 44.3 Å². The predicted molar refractivity (Wildman–Crippen MR) is 96.7 cm³/mol. The van der Waals surface area contributed by atoms with Crippen LogP contribution < -0.4 is 5.73 Å². The molecular formula is C15H18F4IN3OS. The van der Waals surface area contributed by atoms with E-state index in [0.717, 1.165) is 0 Å². The number of rotatable bonds is 5. The molecule has 0 bridgehead atoms. The fraction of sp³-hybridized carbons (Fsp3) is 0.533. The lowest BCUT2D eigenvalue weighted by Crippen LogP contribution is -2.46. The molecule has 0 aromatic heterocycles. The minimum Gasteiger partial charge on any atom is -0.321 e. The van der Waals surface area contributed by atoms with Gasteiger partial charge >= 0.3 is 6.18 Å². The topological polar surface area (TPSA) is 79.2 Å². The Morgan fingerprint density at radius 2 is 1.88 bits per heavy atom. The first-order chi connectivity index (χ1) is 11.1. The summed E-state index contributed by atoms with van der Waals surface area (Å²) in [5.74, 6) is -1.26. The second-order valence-corrected chi connectivity index (χ2v) is 10.4. The Kier molecular flexibility index (Phi) is 6.51. The molecule has 0 heterocycles. The zero-order chi connectivity index (χ0) is 19.7. The quantitative estimate of drug-likeness (QED) is 0.501. The van der Waals surface area contributed by atoms with Gasteiger partial charge < -0.3 is 5.73 Å². The van der Waals surface area contributed by atoms with Crippen LogP contribution in [0.1, 0.15) is 26.3 Å². The maximum Gasteiger partial charge on any atom is 0.408 e. The highest BCUT2D eigenvalue weighted by molar-refractivity contribution is 14.1. The highest BCUT2D eigenvalue weighted by atomic mass is 127. The second kappa shape index (κ2) is 7.36. The smallest absolute Gasteiger partial charge is 0.321 e. The first-order valence-corrected chi connectivity index (χ1v) is 9.82. The van der Waals surface area contributed by atoms with Crippen molar-refractivity contribution in [2.75, 3.05) is 12.3 Å². The summed E-state index contributed by atoms with van der Waals surface area (Å²) < 4.78 is 67.3. The number of nitrogens with two attached hydrogens (primary N) is 1. The van der Waals surface area contributed by atoms with Crippen LogP contribution >= 0.6 is 22.6 Å². The minimum absolute atomic E-state index is 0.00285. The lowest BCUT2D eigenvalue weighted by atomic mass is 9.95. The van der Waals surface area contributed by atoms with E-state index in [9.17, 15) is 27.0 Å². The molecule has 0 unspecified atom stereocenters. The standard InChI is InChI=1S/C15H18F4IN3OS/c1-13(2,7-21)25(24,23-8-15(17,18)19)9-14(3,22)11-6-10(20)4-5-12(11)16/h4-6H,8-9,22H2,1-3H3/t14-,25+/m0/s1. The van der Waals surface area contributed by atoms with Crippen LogP contribution in [-0.2, 0) is 15.3 Å². The Balaban J connectivity index is 3.47. The van der Waals surface area contributed by atoms with E-state index in [1.165, 1.54) is 39.0 Å². The largest absolute Gasteiger partial charge is 0.408 e. The number of benzene rings is 1. The molecule has 0 aliphatic rings. The molecule has 0 amide bonds. The van der Waals surface area contributed by atoms with E-state index in [1.54, 1.807) is 6.07 Å². The van der Waals surface area contributed by atoms with Gasteiger partial charge in [0, 0.05) is 9.13 Å². The molecule has 140 valence electrons. The molecule has 0 radical (unpaired) electrons. The van der Waals surface area contributed by atoms with Crippen molar-refractivity contribution in [3.8, 4) is 6.07 Å². The van der Waals surface area contributed by atoms with E-state index in [4.69, 9.17) is 5.73 Å². The summed E-state index contributed by atoms with van der Waals surface area (Å²) in [6.07, 6.45) is -4.67. The van der Waals surface area contributed by atoms with E-state index in [0.29, 0.717) is 3.57 Å². The number of hydrogen-bond acceptors (Lipinski definition) is 4. The highest BCUT2D eigenvalue weighted by Gasteiger charge is 2.40. The average molecular weight is 491 g/mol. The molecule has 0 saturated carbocycles. The zero-order valence-corrected chi connectivity index (χ0v) is 16.8. The fourth-order valence-corrected chi connectivity index (χ4v) is 4.79. The van der Waals surface area contributed by atoms with Crippen LogP contribution in [0.2, 0.25) is 0 Å². The SMILES string of the molecule is CC(C)(C#N)[S@](=O)(C[C@](C)(N)c1cc(I)ccc1F)=NCC(F)(F)F. The van der Waals surface area contributed by atoms with Gasteiger partial charge in [0.1, 0.15) is 17.1 Å². The van der Waals surface area contributed by atoms with Gasteiger partial charge in [0.25, 0.3) is 0 Å². The lowest BCUT2D eigenvalue weighted by Gasteiger charge is -2.32. The molecule has 0 saturated heterocycles. The minimum atomic E-state index is -4.67. The van der Waals surface area contributed by atoms with Gasteiger partial charge in [0.05, 0.1) is 27.1 Å². The summed E-state index contributed by atoms with van der Waals surface area (Å²) in [4.78, 5) is 0. The van der Waals surface area contributed by atoms with Crippen LogP contribution in [0.4, 0.5) is 17.6 Å². The number of hydrogen-bond donors (Lipinski definition) is 1. The molecule has 0 aliphatic carbocycles. The average Bonchev–Trinajstić information content (AvgIpc) is 2.46.